The largest absolute Gasteiger partial charge is 0.312 e. The molecule has 0 spiro atoms. The molecular weight excluding hydrogens is 263 g/mol. The second kappa shape index (κ2) is 7.22. The summed E-state index contributed by atoms with van der Waals surface area (Å²) in [5, 5.41) is 3.95. The topological polar surface area (TPSA) is 15.3 Å². The minimum absolute atomic E-state index is 0.183. The molecule has 0 aliphatic carbocycles. The second-order valence-corrected chi connectivity index (χ2v) is 5.68. The maximum absolute atomic E-state index is 13.5. The van der Waals surface area contributed by atoms with E-state index >= 15 is 0 Å². The van der Waals surface area contributed by atoms with Gasteiger partial charge in [0.05, 0.1) is 0 Å². The maximum Gasteiger partial charge on any atom is 0.127 e. The zero-order valence-corrected chi connectivity index (χ0v) is 12.2. The summed E-state index contributed by atoms with van der Waals surface area (Å²) in [5.41, 5.74) is 0.651. The van der Waals surface area contributed by atoms with Gasteiger partial charge in [-0.15, -0.1) is 0 Å². The van der Waals surface area contributed by atoms with E-state index in [1.165, 1.54) is 32.0 Å². The molecule has 1 aliphatic heterocycles. The van der Waals surface area contributed by atoms with Crippen molar-refractivity contribution in [2.45, 2.75) is 26.3 Å². The molecule has 1 saturated heterocycles. The molecule has 1 N–H and O–H groups in total. The van der Waals surface area contributed by atoms with Gasteiger partial charge in [0.1, 0.15) is 5.82 Å². The van der Waals surface area contributed by atoms with E-state index < -0.39 is 0 Å². The van der Waals surface area contributed by atoms with E-state index in [0.717, 1.165) is 13.1 Å². The lowest BCUT2D eigenvalue weighted by Crippen LogP contribution is -2.37. The van der Waals surface area contributed by atoms with Crippen molar-refractivity contribution in [2.75, 3.05) is 26.2 Å². The average molecular weight is 285 g/mol. The highest BCUT2D eigenvalue weighted by atomic mass is 35.5. The van der Waals surface area contributed by atoms with Crippen molar-refractivity contribution in [1.29, 1.82) is 0 Å². The Balaban J connectivity index is 1.73. The van der Waals surface area contributed by atoms with Crippen molar-refractivity contribution in [3.8, 4) is 0 Å². The molecule has 4 heteroatoms. The Hall–Kier alpha value is -0.640. The number of benzene rings is 1. The summed E-state index contributed by atoms with van der Waals surface area (Å²) in [6.45, 7) is 7.25. The molecule has 0 saturated carbocycles. The smallest absolute Gasteiger partial charge is 0.127 e. The molecule has 1 aromatic carbocycles. The van der Waals surface area contributed by atoms with Gasteiger partial charge in [-0.3, -0.25) is 0 Å². The van der Waals surface area contributed by atoms with Crippen LogP contribution in [0.4, 0.5) is 4.39 Å². The molecule has 2 rings (SSSR count). The first kappa shape index (κ1) is 14.8. The van der Waals surface area contributed by atoms with Gasteiger partial charge >= 0.3 is 0 Å². The summed E-state index contributed by atoms with van der Waals surface area (Å²) >= 11 is 5.88. The van der Waals surface area contributed by atoms with Crippen LogP contribution >= 0.6 is 11.6 Å². The number of piperidine rings is 1. The lowest BCUT2D eigenvalue weighted by atomic mass is 9.97. The first-order valence-electron chi connectivity index (χ1n) is 7.06. The highest BCUT2D eigenvalue weighted by Gasteiger charge is 2.17. The summed E-state index contributed by atoms with van der Waals surface area (Å²) in [7, 11) is 0. The number of rotatable bonds is 5. The van der Waals surface area contributed by atoms with Crippen molar-refractivity contribution >= 4 is 11.6 Å². The van der Waals surface area contributed by atoms with Gasteiger partial charge in [-0.05, 0) is 63.1 Å². The number of hydrogen-bond acceptors (Lipinski definition) is 2. The van der Waals surface area contributed by atoms with E-state index in [4.69, 9.17) is 11.6 Å². The summed E-state index contributed by atoms with van der Waals surface area (Å²) in [5.74, 6) is 0.530. The quantitative estimate of drug-likeness (QED) is 0.892. The SMILES string of the molecule is CCN1CCC(CNCc2cc(Cl)ccc2F)CC1. The van der Waals surface area contributed by atoms with Gasteiger partial charge in [-0.25, -0.2) is 4.39 Å². The maximum atomic E-state index is 13.5. The Morgan fingerprint density at radius 3 is 2.79 bits per heavy atom. The highest BCUT2D eigenvalue weighted by Crippen LogP contribution is 2.17. The Labute approximate surface area is 119 Å². The zero-order valence-electron chi connectivity index (χ0n) is 11.5. The van der Waals surface area contributed by atoms with Gasteiger partial charge in [-0.2, -0.15) is 0 Å². The number of nitrogens with zero attached hydrogens (tertiary/aromatic N) is 1. The van der Waals surface area contributed by atoms with Crippen molar-refractivity contribution in [3.05, 3.63) is 34.6 Å². The van der Waals surface area contributed by atoms with Crippen molar-refractivity contribution in [2.24, 2.45) is 5.92 Å². The predicted octanol–water partition coefficient (Wildman–Crippen LogP) is 3.30. The van der Waals surface area contributed by atoms with Gasteiger partial charge in [0.2, 0.25) is 0 Å². The molecule has 0 unspecified atom stereocenters. The molecule has 106 valence electrons. The lowest BCUT2D eigenvalue weighted by molar-refractivity contribution is 0.190. The predicted molar refractivity (Wildman–Crippen MR) is 78.0 cm³/mol. The van der Waals surface area contributed by atoms with Crippen LogP contribution in [0.25, 0.3) is 0 Å². The van der Waals surface area contributed by atoms with Crippen LogP contribution in [0.3, 0.4) is 0 Å². The molecule has 1 fully saturated rings. The third kappa shape index (κ3) is 4.44. The van der Waals surface area contributed by atoms with Crippen LogP contribution in [-0.4, -0.2) is 31.1 Å². The van der Waals surface area contributed by atoms with E-state index in [0.29, 0.717) is 23.0 Å². The van der Waals surface area contributed by atoms with Crippen molar-refractivity contribution in [3.63, 3.8) is 0 Å². The van der Waals surface area contributed by atoms with Crippen molar-refractivity contribution in [1.82, 2.24) is 10.2 Å². The van der Waals surface area contributed by atoms with Gasteiger partial charge in [0, 0.05) is 17.1 Å². The first-order valence-corrected chi connectivity index (χ1v) is 7.44. The summed E-state index contributed by atoms with van der Waals surface area (Å²) in [4.78, 5) is 2.48. The molecule has 1 aliphatic rings. The van der Waals surface area contributed by atoms with E-state index in [1.807, 2.05) is 0 Å². The molecule has 0 radical (unpaired) electrons. The third-order valence-electron chi connectivity index (χ3n) is 3.91. The van der Waals surface area contributed by atoms with Gasteiger partial charge in [0.15, 0.2) is 0 Å². The molecule has 0 bridgehead atoms. The van der Waals surface area contributed by atoms with Crippen LogP contribution in [0.5, 0.6) is 0 Å². The molecule has 0 aromatic heterocycles. The Kier molecular flexibility index (Phi) is 5.61. The summed E-state index contributed by atoms with van der Waals surface area (Å²) in [6.07, 6.45) is 2.47. The molecule has 1 heterocycles. The Morgan fingerprint density at radius 2 is 2.11 bits per heavy atom. The number of nitrogens with one attached hydrogen (secondary N) is 1. The van der Waals surface area contributed by atoms with Gasteiger partial charge < -0.3 is 10.2 Å². The molecule has 0 atom stereocenters. The van der Waals surface area contributed by atoms with E-state index in [9.17, 15) is 4.39 Å². The normalized spacial score (nSPS) is 17.8. The fourth-order valence-corrected chi connectivity index (χ4v) is 2.79. The fourth-order valence-electron chi connectivity index (χ4n) is 2.60. The third-order valence-corrected chi connectivity index (χ3v) is 4.15. The summed E-state index contributed by atoms with van der Waals surface area (Å²) in [6, 6.07) is 4.71. The molecule has 2 nitrogen and oxygen atoms in total. The minimum atomic E-state index is -0.183. The fraction of sp³-hybridized carbons (Fsp3) is 0.600. The van der Waals surface area contributed by atoms with Crippen LogP contribution in [0, 0.1) is 11.7 Å². The average Bonchev–Trinajstić information content (AvgIpc) is 2.43. The van der Waals surface area contributed by atoms with Crippen molar-refractivity contribution < 1.29 is 4.39 Å². The van der Waals surface area contributed by atoms with Crippen LogP contribution in [-0.2, 0) is 6.54 Å². The number of halogens is 2. The standard InChI is InChI=1S/C15H22ClFN2/c1-2-19-7-5-12(6-8-19)10-18-11-13-9-14(16)3-4-15(13)17/h3-4,9,12,18H,2,5-8,10-11H2,1H3. The van der Waals surface area contributed by atoms with E-state index in [2.05, 4.69) is 17.1 Å². The van der Waals surface area contributed by atoms with Crippen LogP contribution in [0.2, 0.25) is 5.02 Å². The first-order chi connectivity index (χ1) is 9.19. The Morgan fingerprint density at radius 1 is 1.37 bits per heavy atom. The Bertz CT molecular complexity index is 403. The number of hydrogen-bond donors (Lipinski definition) is 1. The van der Waals surface area contributed by atoms with Crippen LogP contribution in [0.1, 0.15) is 25.3 Å². The monoisotopic (exact) mass is 284 g/mol. The molecule has 1 aromatic rings. The zero-order chi connectivity index (χ0) is 13.7. The molecular formula is C15H22ClFN2. The highest BCUT2D eigenvalue weighted by molar-refractivity contribution is 6.30. The molecule has 0 amide bonds. The summed E-state index contributed by atoms with van der Waals surface area (Å²) < 4.78 is 13.5. The van der Waals surface area contributed by atoms with E-state index in [1.54, 1.807) is 12.1 Å². The van der Waals surface area contributed by atoms with Crippen LogP contribution in [0.15, 0.2) is 18.2 Å². The molecule has 19 heavy (non-hydrogen) atoms. The van der Waals surface area contributed by atoms with Gasteiger partial charge in [-0.1, -0.05) is 18.5 Å². The van der Waals surface area contributed by atoms with E-state index in [-0.39, 0.29) is 5.82 Å². The number of likely N-dealkylation sites (tertiary alicyclic amines) is 1. The minimum Gasteiger partial charge on any atom is -0.312 e. The second-order valence-electron chi connectivity index (χ2n) is 5.24. The van der Waals surface area contributed by atoms with Gasteiger partial charge in [0.25, 0.3) is 0 Å². The lowest BCUT2D eigenvalue weighted by Gasteiger charge is -2.31. The van der Waals surface area contributed by atoms with Crippen LogP contribution < -0.4 is 5.32 Å².